The summed E-state index contributed by atoms with van der Waals surface area (Å²) in [7, 11) is 5.53. The van der Waals surface area contributed by atoms with Crippen molar-refractivity contribution in [1.82, 2.24) is 4.90 Å². The molecule has 2 aromatic rings. The molecule has 0 aliphatic carbocycles. The lowest BCUT2D eigenvalue weighted by Gasteiger charge is -2.39. The van der Waals surface area contributed by atoms with Gasteiger partial charge in [0.25, 0.3) is 0 Å². The molecule has 0 saturated carbocycles. The molecule has 6 nitrogen and oxygen atoms in total. The minimum absolute atomic E-state index is 0.0876. The third-order valence-corrected chi connectivity index (χ3v) is 7.48. The van der Waals surface area contributed by atoms with Crippen LogP contribution in [-0.2, 0) is 4.79 Å². The summed E-state index contributed by atoms with van der Waals surface area (Å²) >= 11 is 0. The standard InChI is InChI=1S/C30H41N3O3/c1-5-6-7-8-9-10-11-29(34)31-22-14-12-21(13-15-22)30-24-19-28(36-4)27(35-3)18-23(24)25-20-33(2)17-16-26(25)32-30/h12-15,18-19,25-26H,5-11,16-17,20H2,1-4H3,(H,31,34)/t25-,26-/m1/s1. The number of methoxy groups -OCH3 is 2. The van der Waals surface area contributed by atoms with Gasteiger partial charge in [0.05, 0.1) is 26.0 Å². The molecule has 2 aliphatic rings. The second-order valence-corrected chi connectivity index (χ2v) is 10.1. The molecule has 4 rings (SSSR count). The van der Waals surface area contributed by atoms with Gasteiger partial charge in [-0.15, -0.1) is 0 Å². The average Bonchev–Trinajstić information content (AvgIpc) is 2.90. The lowest BCUT2D eigenvalue weighted by molar-refractivity contribution is -0.116. The van der Waals surface area contributed by atoms with Crippen molar-refractivity contribution in [3.63, 3.8) is 0 Å². The van der Waals surface area contributed by atoms with Gasteiger partial charge in [-0.05, 0) is 56.3 Å². The number of anilines is 1. The first-order valence-corrected chi connectivity index (χ1v) is 13.5. The normalized spacial score (nSPS) is 19.2. The minimum Gasteiger partial charge on any atom is -0.493 e. The van der Waals surface area contributed by atoms with E-state index in [0.29, 0.717) is 18.1 Å². The van der Waals surface area contributed by atoms with Crippen molar-refractivity contribution in [1.29, 1.82) is 0 Å². The lowest BCUT2D eigenvalue weighted by Crippen LogP contribution is -2.41. The van der Waals surface area contributed by atoms with Gasteiger partial charge in [0.2, 0.25) is 5.91 Å². The molecule has 2 aliphatic heterocycles. The van der Waals surface area contributed by atoms with Crippen LogP contribution in [-0.4, -0.2) is 56.9 Å². The number of aliphatic imine (C=N–C) groups is 1. The van der Waals surface area contributed by atoms with Gasteiger partial charge in [0, 0.05) is 35.7 Å². The van der Waals surface area contributed by atoms with E-state index in [-0.39, 0.29) is 11.9 Å². The van der Waals surface area contributed by atoms with Crippen LogP contribution >= 0.6 is 0 Å². The molecular formula is C30H41N3O3. The number of unbranched alkanes of at least 4 members (excludes halogenated alkanes) is 5. The molecule has 2 atom stereocenters. The number of amides is 1. The summed E-state index contributed by atoms with van der Waals surface area (Å²) in [5, 5.41) is 3.06. The van der Waals surface area contributed by atoms with E-state index in [1.165, 1.54) is 31.2 Å². The van der Waals surface area contributed by atoms with E-state index in [4.69, 9.17) is 14.5 Å². The van der Waals surface area contributed by atoms with Crippen molar-refractivity contribution in [2.45, 2.75) is 70.3 Å². The highest BCUT2D eigenvalue weighted by Crippen LogP contribution is 2.42. The van der Waals surface area contributed by atoms with Gasteiger partial charge in [-0.2, -0.15) is 0 Å². The Morgan fingerprint density at radius 3 is 2.44 bits per heavy atom. The third kappa shape index (κ3) is 6.09. The van der Waals surface area contributed by atoms with E-state index >= 15 is 0 Å². The van der Waals surface area contributed by atoms with E-state index in [2.05, 4.69) is 48.5 Å². The fourth-order valence-electron chi connectivity index (χ4n) is 5.44. The summed E-state index contributed by atoms with van der Waals surface area (Å²) in [4.78, 5) is 20.0. The molecule has 0 radical (unpaired) electrons. The maximum Gasteiger partial charge on any atom is 0.224 e. The number of piperidine rings is 1. The topological polar surface area (TPSA) is 63.2 Å². The Hall–Kier alpha value is -2.86. The van der Waals surface area contributed by atoms with Crippen LogP contribution in [0.25, 0.3) is 0 Å². The number of carbonyl (C=O) groups is 1. The predicted molar refractivity (Wildman–Crippen MR) is 147 cm³/mol. The maximum absolute atomic E-state index is 12.4. The summed E-state index contributed by atoms with van der Waals surface area (Å²) in [6, 6.07) is 12.5. The van der Waals surface area contributed by atoms with Crippen LogP contribution in [0.5, 0.6) is 11.5 Å². The quantitative estimate of drug-likeness (QED) is 0.390. The van der Waals surface area contributed by atoms with Crippen LogP contribution < -0.4 is 14.8 Å². The highest BCUT2D eigenvalue weighted by atomic mass is 16.5. The summed E-state index contributed by atoms with van der Waals surface area (Å²) in [6.45, 7) is 4.25. The lowest BCUT2D eigenvalue weighted by atomic mass is 9.79. The Morgan fingerprint density at radius 1 is 1.03 bits per heavy atom. The first kappa shape index (κ1) is 26.2. The van der Waals surface area contributed by atoms with Crippen molar-refractivity contribution < 1.29 is 14.3 Å². The van der Waals surface area contributed by atoms with Gasteiger partial charge >= 0.3 is 0 Å². The maximum atomic E-state index is 12.4. The van der Waals surface area contributed by atoms with Crippen LogP contribution in [0.1, 0.15) is 80.9 Å². The average molecular weight is 492 g/mol. The highest BCUT2D eigenvalue weighted by molar-refractivity contribution is 6.15. The summed E-state index contributed by atoms with van der Waals surface area (Å²) in [6.07, 6.45) is 8.69. The number of likely N-dealkylation sites (N-methyl/N-ethyl adjacent to an activating group) is 1. The Kier molecular flexibility index (Phi) is 9.03. The smallest absolute Gasteiger partial charge is 0.224 e. The number of fused-ring (bicyclic) bond motifs is 3. The van der Waals surface area contributed by atoms with E-state index < -0.39 is 0 Å². The molecule has 0 aromatic heterocycles. The van der Waals surface area contributed by atoms with E-state index in [1.807, 2.05) is 12.1 Å². The molecule has 2 heterocycles. The van der Waals surface area contributed by atoms with Crippen molar-refractivity contribution in [3.8, 4) is 11.5 Å². The number of carbonyl (C=O) groups excluding carboxylic acids is 1. The van der Waals surface area contributed by atoms with Crippen molar-refractivity contribution in [3.05, 3.63) is 53.1 Å². The number of hydrogen-bond acceptors (Lipinski definition) is 5. The van der Waals surface area contributed by atoms with Crippen molar-refractivity contribution >= 4 is 17.3 Å². The molecule has 1 amide bonds. The first-order valence-electron chi connectivity index (χ1n) is 13.5. The second-order valence-electron chi connectivity index (χ2n) is 10.1. The molecular weight excluding hydrogens is 450 g/mol. The Morgan fingerprint density at radius 2 is 1.72 bits per heavy atom. The van der Waals surface area contributed by atoms with Gasteiger partial charge in [-0.3, -0.25) is 9.79 Å². The van der Waals surface area contributed by atoms with Gasteiger partial charge in [-0.1, -0.05) is 51.2 Å². The highest BCUT2D eigenvalue weighted by Gasteiger charge is 2.36. The molecule has 1 saturated heterocycles. The summed E-state index contributed by atoms with van der Waals surface area (Å²) in [5.74, 6) is 1.89. The SMILES string of the molecule is CCCCCCCCC(=O)Nc1ccc(C2=N[C@@H]3CCN(C)C[C@@H]3c3cc(OC)c(OC)cc32)cc1. The number of ether oxygens (including phenoxy) is 2. The van der Waals surface area contributed by atoms with E-state index in [0.717, 1.165) is 60.6 Å². The fourth-order valence-corrected chi connectivity index (χ4v) is 5.44. The Labute approximate surface area is 216 Å². The molecule has 0 unspecified atom stereocenters. The molecule has 36 heavy (non-hydrogen) atoms. The first-order chi connectivity index (χ1) is 17.5. The van der Waals surface area contributed by atoms with E-state index in [9.17, 15) is 4.79 Å². The minimum atomic E-state index is 0.0876. The molecule has 194 valence electrons. The molecule has 2 aromatic carbocycles. The zero-order valence-electron chi connectivity index (χ0n) is 22.3. The van der Waals surface area contributed by atoms with Gasteiger partial charge in [-0.25, -0.2) is 0 Å². The largest absolute Gasteiger partial charge is 0.493 e. The molecule has 0 bridgehead atoms. The third-order valence-electron chi connectivity index (χ3n) is 7.48. The van der Waals surface area contributed by atoms with Gasteiger partial charge < -0.3 is 19.7 Å². The van der Waals surface area contributed by atoms with Crippen molar-refractivity contribution in [2.75, 3.05) is 39.7 Å². The van der Waals surface area contributed by atoms with E-state index in [1.54, 1.807) is 14.2 Å². The monoisotopic (exact) mass is 491 g/mol. The van der Waals surface area contributed by atoms with Crippen LogP contribution in [0, 0.1) is 0 Å². The zero-order chi connectivity index (χ0) is 25.5. The van der Waals surface area contributed by atoms with Crippen molar-refractivity contribution in [2.24, 2.45) is 4.99 Å². The van der Waals surface area contributed by atoms with Crippen LogP contribution in [0.2, 0.25) is 0 Å². The summed E-state index contributed by atoms with van der Waals surface area (Å²) in [5.41, 5.74) is 5.24. The molecule has 6 heteroatoms. The van der Waals surface area contributed by atoms with Gasteiger partial charge in [0.15, 0.2) is 11.5 Å². The number of nitrogens with zero attached hydrogens (tertiary/aromatic N) is 2. The summed E-state index contributed by atoms with van der Waals surface area (Å²) < 4.78 is 11.3. The Balaban J connectivity index is 1.50. The van der Waals surface area contributed by atoms with Crippen LogP contribution in [0.15, 0.2) is 41.4 Å². The number of likely N-dealkylation sites (tertiary alicyclic amines) is 1. The zero-order valence-corrected chi connectivity index (χ0v) is 22.3. The molecule has 1 fully saturated rings. The van der Waals surface area contributed by atoms with Crippen LogP contribution in [0.3, 0.4) is 0 Å². The number of nitrogens with one attached hydrogen (secondary N) is 1. The van der Waals surface area contributed by atoms with Crippen LogP contribution in [0.4, 0.5) is 5.69 Å². The number of rotatable bonds is 11. The molecule has 0 spiro atoms. The second kappa shape index (κ2) is 12.4. The fraction of sp³-hybridized carbons (Fsp3) is 0.533. The van der Waals surface area contributed by atoms with Gasteiger partial charge in [0.1, 0.15) is 0 Å². The predicted octanol–water partition coefficient (Wildman–Crippen LogP) is 6.03. The molecule has 1 N–H and O–H groups in total. The number of hydrogen-bond donors (Lipinski definition) is 1. The number of benzene rings is 2. The Bertz CT molecular complexity index is 1060.